The van der Waals surface area contributed by atoms with Crippen molar-refractivity contribution < 1.29 is 9.59 Å². The van der Waals surface area contributed by atoms with Crippen LogP contribution in [0.1, 0.15) is 34.5 Å². The molecule has 29 heavy (non-hydrogen) atoms. The Bertz CT molecular complexity index is 1100. The number of hydrogen-bond donors (Lipinski definition) is 1. The molecule has 0 bridgehead atoms. The highest BCUT2D eigenvalue weighted by molar-refractivity contribution is 6.38. The molecule has 0 saturated carbocycles. The lowest BCUT2D eigenvalue weighted by Gasteiger charge is -2.30. The van der Waals surface area contributed by atoms with Crippen LogP contribution in [-0.4, -0.2) is 44.6 Å². The number of amides is 2. The highest BCUT2D eigenvalue weighted by atomic mass is 35.5. The molecule has 2 N–H and O–H groups in total. The van der Waals surface area contributed by atoms with Gasteiger partial charge in [0.1, 0.15) is 0 Å². The topological polar surface area (TPSA) is 94.1 Å². The summed E-state index contributed by atoms with van der Waals surface area (Å²) in [6, 6.07) is 7.96. The van der Waals surface area contributed by atoms with Gasteiger partial charge in [-0.1, -0.05) is 29.3 Å². The Morgan fingerprint density at radius 3 is 2.41 bits per heavy atom. The van der Waals surface area contributed by atoms with Crippen LogP contribution in [0.15, 0.2) is 30.5 Å². The summed E-state index contributed by atoms with van der Waals surface area (Å²) in [4.78, 5) is 30.6. The minimum atomic E-state index is -0.308. The number of aromatic nitrogens is 3. The molecule has 0 atom stereocenters. The standard InChI is InChI=1S/C21H22ClN5O2/c1-12-3-5-15(6-4-12)27-20-17(13(2)25-27)18(22)16(11-24-20)21(29)26-9-7-14(8-10-26)19(23)28/h3-6,11,14H,7-10H2,1-2H3,(H2,23,28). The maximum Gasteiger partial charge on any atom is 0.256 e. The number of carbonyl (C=O) groups excluding carboxylic acids is 2. The first kappa shape index (κ1) is 19.4. The lowest BCUT2D eigenvalue weighted by molar-refractivity contribution is -0.123. The van der Waals surface area contributed by atoms with Crippen LogP contribution >= 0.6 is 11.6 Å². The van der Waals surface area contributed by atoms with Gasteiger partial charge < -0.3 is 10.6 Å². The van der Waals surface area contributed by atoms with Crippen molar-refractivity contribution in [3.8, 4) is 5.69 Å². The molecule has 0 radical (unpaired) electrons. The Labute approximate surface area is 173 Å². The van der Waals surface area contributed by atoms with Gasteiger partial charge in [0.05, 0.1) is 27.4 Å². The van der Waals surface area contributed by atoms with Crippen LogP contribution in [0, 0.1) is 19.8 Å². The zero-order valence-corrected chi connectivity index (χ0v) is 17.1. The SMILES string of the molecule is Cc1ccc(-n2nc(C)c3c(Cl)c(C(=O)N4CCC(C(N)=O)CC4)cnc32)cc1. The van der Waals surface area contributed by atoms with Crippen molar-refractivity contribution in [2.24, 2.45) is 11.7 Å². The molecular weight excluding hydrogens is 390 g/mol. The molecule has 1 fully saturated rings. The summed E-state index contributed by atoms with van der Waals surface area (Å²) < 4.78 is 1.74. The molecule has 1 aliphatic rings. The molecule has 1 saturated heterocycles. The Morgan fingerprint density at radius 1 is 1.14 bits per heavy atom. The summed E-state index contributed by atoms with van der Waals surface area (Å²) in [5, 5.41) is 5.61. The highest BCUT2D eigenvalue weighted by Crippen LogP contribution is 2.31. The maximum atomic E-state index is 13.0. The molecule has 1 aliphatic heterocycles. The summed E-state index contributed by atoms with van der Waals surface area (Å²) >= 11 is 6.65. The summed E-state index contributed by atoms with van der Waals surface area (Å²) in [5.74, 6) is -0.669. The third kappa shape index (κ3) is 3.46. The zero-order valence-electron chi connectivity index (χ0n) is 16.4. The monoisotopic (exact) mass is 411 g/mol. The molecule has 2 amide bonds. The molecule has 2 aromatic heterocycles. The number of piperidine rings is 1. The Morgan fingerprint density at radius 2 is 1.79 bits per heavy atom. The van der Waals surface area contributed by atoms with Gasteiger partial charge in [-0.05, 0) is 38.8 Å². The number of fused-ring (bicyclic) bond motifs is 1. The highest BCUT2D eigenvalue weighted by Gasteiger charge is 2.29. The molecule has 150 valence electrons. The predicted octanol–water partition coefficient (Wildman–Crippen LogP) is 3.03. The fraction of sp³-hybridized carbons (Fsp3) is 0.333. The van der Waals surface area contributed by atoms with Gasteiger partial charge in [-0.3, -0.25) is 9.59 Å². The number of aryl methyl sites for hydroxylation is 2. The lowest BCUT2D eigenvalue weighted by Crippen LogP contribution is -2.41. The molecule has 4 rings (SSSR count). The van der Waals surface area contributed by atoms with Crippen molar-refractivity contribution in [1.82, 2.24) is 19.7 Å². The van der Waals surface area contributed by atoms with Gasteiger partial charge in [-0.25, -0.2) is 9.67 Å². The van der Waals surface area contributed by atoms with Crippen LogP contribution in [0.4, 0.5) is 0 Å². The number of halogens is 1. The number of nitrogens with two attached hydrogens (primary N) is 1. The number of benzene rings is 1. The largest absolute Gasteiger partial charge is 0.369 e. The maximum absolute atomic E-state index is 13.0. The van der Waals surface area contributed by atoms with E-state index in [4.69, 9.17) is 17.3 Å². The van der Waals surface area contributed by atoms with Gasteiger partial charge in [0.2, 0.25) is 5.91 Å². The first-order valence-electron chi connectivity index (χ1n) is 9.56. The van der Waals surface area contributed by atoms with Crippen LogP contribution in [0.25, 0.3) is 16.7 Å². The molecule has 0 unspecified atom stereocenters. The second-order valence-corrected chi connectivity index (χ2v) is 7.86. The van der Waals surface area contributed by atoms with Crippen LogP contribution in [0.5, 0.6) is 0 Å². The van der Waals surface area contributed by atoms with Crippen molar-refractivity contribution in [3.63, 3.8) is 0 Å². The minimum Gasteiger partial charge on any atom is -0.369 e. The molecule has 0 spiro atoms. The van der Waals surface area contributed by atoms with E-state index in [1.807, 2.05) is 38.1 Å². The minimum absolute atomic E-state index is 0.176. The van der Waals surface area contributed by atoms with Gasteiger partial charge in [-0.15, -0.1) is 0 Å². The average molecular weight is 412 g/mol. The number of likely N-dealkylation sites (tertiary alicyclic amines) is 1. The normalized spacial score (nSPS) is 15.1. The summed E-state index contributed by atoms with van der Waals surface area (Å²) in [6.07, 6.45) is 2.65. The number of hydrogen-bond acceptors (Lipinski definition) is 4. The van der Waals surface area contributed by atoms with Crippen molar-refractivity contribution >= 4 is 34.4 Å². The number of primary amides is 1. The van der Waals surface area contributed by atoms with E-state index in [0.717, 1.165) is 11.3 Å². The number of pyridine rings is 1. The van der Waals surface area contributed by atoms with Gasteiger partial charge >= 0.3 is 0 Å². The van der Waals surface area contributed by atoms with Crippen molar-refractivity contribution in [1.29, 1.82) is 0 Å². The third-order valence-electron chi connectivity index (χ3n) is 5.50. The molecule has 7 nitrogen and oxygen atoms in total. The van der Waals surface area contributed by atoms with E-state index in [9.17, 15) is 9.59 Å². The Balaban J connectivity index is 1.68. The number of carbonyl (C=O) groups is 2. The lowest BCUT2D eigenvalue weighted by atomic mass is 9.96. The van der Waals surface area contributed by atoms with E-state index in [1.165, 1.54) is 6.20 Å². The van der Waals surface area contributed by atoms with Gasteiger partial charge in [0.15, 0.2) is 5.65 Å². The van der Waals surface area contributed by atoms with Crippen LogP contribution < -0.4 is 5.73 Å². The molecule has 8 heteroatoms. The van der Waals surface area contributed by atoms with Gasteiger partial charge in [-0.2, -0.15) is 5.10 Å². The van der Waals surface area contributed by atoms with E-state index in [-0.39, 0.29) is 17.7 Å². The number of rotatable bonds is 3. The van der Waals surface area contributed by atoms with Crippen molar-refractivity contribution in [2.45, 2.75) is 26.7 Å². The first-order chi connectivity index (χ1) is 13.9. The molecule has 0 aliphatic carbocycles. The van der Waals surface area contributed by atoms with Gasteiger partial charge in [0.25, 0.3) is 5.91 Å². The fourth-order valence-electron chi connectivity index (χ4n) is 3.76. The van der Waals surface area contributed by atoms with E-state index < -0.39 is 0 Å². The van der Waals surface area contributed by atoms with Crippen molar-refractivity contribution in [2.75, 3.05) is 13.1 Å². The molecule has 3 heterocycles. The van der Waals surface area contributed by atoms with Crippen LogP contribution in [0.2, 0.25) is 5.02 Å². The molecule has 3 aromatic rings. The Hall–Kier alpha value is -2.93. The number of nitrogens with zero attached hydrogens (tertiary/aromatic N) is 4. The average Bonchev–Trinajstić information content (AvgIpc) is 3.06. The predicted molar refractivity (Wildman–Crippen MR) is 111 cm³/mol. The summed E-state index contributed by atoms with van der Waals surface area (Å²) in [5.41, 5.74) is 9.08. The van der Waals surface area contributed by atoms with Gasteiger partial charge in [0, 0.05) is 25.2 Å². The summed E-state index contributed by atoms with van der Waals surface area (Å²) in [6.45, 7) is 4.83. The van der Waals surface area contributed by atoms with Crippen LogP contribution in [0.3, 0.4) is 0 Å². The fourth-order valence-corrected chi connectivity index (χ4v) is 4.11. The Kier molecular flexibility index (Phi) is 5.00. The van der Waals surface area contributed by atoms with E-state index in [0.29, 0.717) is 53.2 Å². The molecular formula is C21H22ClN5O2. The van der Waals surface area contributed by atoms with E-state index in [2.05, 4.69) is 10.1 Å². The summed E-state index contributed by atoms with van der Waals surface area (Å²) in [7, 11) is 0. The third-order valence-corrected chi connectivity index (χ3v) is 5.89. The van der Waals surface area contributed by atoms with E-state index >= 15 is 0 Å². The zero-order chi connectivity index (χ0) is 20.7. The van der Waals surface area contributed by atoms with E-state index in [1.54, 1.807) is 9.58 Å². The second-order valence-electron chi connectivity index (χ2n) is 7.49. The molecule has 1 aromatic carbocycles. The quantitative estimate of drug-likeness (QED) is 0.716. The van der Waals surface area contributed by atoms with Crippen molar-refractivity contribution in [3.05, 3.63) is 52.3 Å². The van der Waals surface area contributed by atoms with Crippen LogP contribution in [-0.2, 0) is 4.79 Å². The first-order valence-corrected chi connectivity index (χ1v) is 9.94. The second kappa shape index (κ2) is 7.48. The smallest absolute Gasteiger partial charge is 0.256 e.